The number of ether oxygens (including phenoxy) is 2. The van der Waals surface area contributed by atoms with E-state index in [0.717, 1.165) is 42.1 Å². The first kappa shape index (κ1) is 37.3. The Bertz CT molecular complexity index is 1240. The van der Waals surface area contributed by atoms with Gasteiger partial charge in [-0.2, -0.15) is 13.2 Å². The lowest BCUT2D eigenvalue weighted by Crippen LogP contribution is -2.28. The van der Waals surface area contributed by atoms with E-state index in [-0.39, 0.29) is 13.2 Å². The SMILES string of the molecule is CCCCCCCCCCCCc1ccc(-c2ccc(-c3ccc(C(=O)OCCCCCCOC(C)C(F)(F)F)cc3)nc2)cc1. The molecule has 0 bridgehead atoms. The van der Waals surface area contributed by atoms with Crippen LogP contribution in [0.3, 0.4) is 0 Å². The van der Waals surface area contributed by atoms with Crippen LogP contribution in [-0.4, -0.2) is 36.4 Å². The van der Waals surface area contributed by atoms with E-state index in [0.29, 0.717) is 24.8 Å². The first-order valence-corrected chi connectivity index (χ1v) is 17.3. The molecule has 3 aromatic rings. The number of pyridine rings is 1. The Balaban J connectivity index is 1.32. The van der Waals surface area contributed by atoms with Gasteiger partial charge >= 0.3 is 12.1 Å². The molecule has 1 unspecified atom stereocenters. The second kappa shape index (κ2) is 20.8. The lowest BCUT2D eigenvalue weighted by atomic mass is 10.0. The lowest BCUT2D eigenvalue weighted by Gasteiger charge is -2.16. The number of hydrogen-bond acceptors (Lipinski definition) is 4. The summed E-state index contributed by atoms with van der Waals surface area (Å²) in [5.41, 5.74) is 5.81. The second-order valence-corrected chi connectivity index (χ2v) is 12.2. The maximum atomic E-state index is 12.4. The Labute approximate surface area is 274 Å². The molecule has 0 aliphatic rings. The van der Waals surface area contributed by atoms with E-state index in [1.165, 1.54) is 69.8 Å². The van der Waals surface area contributed by atoms with Gasteiger partial charge in [-0.05, 0) is 68.4 Å². The molecule has 4 nitrogen and oxygen atoms in total. The van der Waals surface area contributed by atoms with Crippen LogP contribution in [0.25, 0.3) is 22.4 Å². The number of halogens is 3. The molecule has 7 heteroatoms. The summed E-state index contributed by atoms with van der Waals surface area (Å²) < 4.78 is 47.5. The van der Waals surface area contributed by atoms with Crippen LogP contribution in [0.5, 0.6) is 0 Å². The predicted molar refractivity (Wildman–Crippen MR) is 181 cm³/mol. The average Bonchev–Trinajstić information content (AvgIpc) is 3.06. The topological polar surface area (TPSA) is 48.4 Å². The summed E-state index contributed by atoms with van der Waals surface area (Å²) in [6.07, 6.45) is 13.1. The molecule has 3 rings (SSSR count). The summed E-state index contributed by atoms with van der Waals surface area (Å²) >= 11 is 0. The van der Waals surface area contributed by atoms with Gasteiger partial charge < -0.3 is 9.47 Å². The number of rotatable bonds is 22. The molecule has 0 aliphatic heterocycles. The third-order valence-corrected chi connectivity index (χ3v) is 8.39. The van der Waals surface area contributed by atoms with E-state index in [1.807, 2.05) is 24.4 Å². The molecule has 1 aromatic heterocycles. The van der Waals surface area contributed by atoms with Crippen molar-refractivity contribution >= 4 is 5.97 Å². The van der Waals surface area contributed by atoms with E-state index in [9.17, 15) is 18.0 Å². The summed E-state index contributed by atoms with van der Waals surface area (Å²) in [6.45, 7) is 3.61. The normalized spacial score (nSPS) is 12.3. The fraction of sp³-hybridized carbons (Fsp3) is 0.538. The van der Waals surface area contributed by atoms with Gasteiger partial charge in [-0.15, -0.1) is 0 Å². The summed E-state index contributed by atoms with van der Waals surface area (Å²) in [4.78, 5) is 17.1. The maximum absolute atomic E-state index is 12.4. The number of benzene rings is 2. The highest BCUT2D eigenvalue weighted by atomic mass is 19.4. The number of aromatic nitrogens is 1. The summed E-state index contributed by atoms with van der Waals surface area (Å²) in [7, 11) is 0. The molecule has 0 saturated carbocycles. The summed E-state index contributed by atoms with van der Waals surface area (Å²) in [5, 5.41) is 0. The summed E-state index contributed by atoms with van der Waals surface area (Å²) in [5.74, 6) is -0.395. The van der Waals surface area contributed by atoms with E-state index >= 15 is 0 Å². The molecular weight excluding hydrogens is 587 g/mol. The molecule has 0 radical (unpaired) electrons. The molecule has 1 atom stereocenters. The van der Waals surface area contributed by atoms with E-state index in [2.05, 4.69) is 42.2 Å². The number of unbranched alkanes of at least 4 members (excludes halogenated alkanes) is 12. The summed E-state index contributed by atoms with van der Waals surface area (Å²) in [6, 6.07) is 20.1. The highest BCUT2D eigenvalue weighted by Gasteiger charge is 2.36. The van der Waals surface area contributed by atoms with Crippen molar-refractivity contribution in [2.45, 2.75) is 122 Å². The molecule has 0 saturated heterocycles. The highest BCUT2D eigenvalue weighted by molar-refractivity contribution is 5.90. The largest absolute Gasteiger partial charge is 0.462 e. The monoisotopic (exact) mass is 639 g/mol. The van der Waals surface area contributed by atoms with Gasteiger partial charge in [0.25, 0.3) is 0 Å². The standard InChI is InChI=1S/C39H52F3NO3/c1-3-4-5-6-7-8-9-10-11-14-17-32-18-20-33(21-19-32)36-26-27-37(43-30-36)34-22-24-35(25-23-34)38(44)46-29-16-13-12-15-28-45-31(2)39(40,41)42/h18-27,30-31H,3-17,28-29H2,1-2H3. The van der Waals surface area contributed by atoms with Crippen LogP contribution < -0.4 is 0 Å². The van der Waals surface area contributed by atoms with Gasteiger partial charge in [-0.3, -0.25) is 4.98 Å². The highest BCUT2D eigenvalue weighted by Crippen LogP contribution is 2.25. The molecule has 2 aromatic carbocycles. The molecular formula is C39H52F3NO3. The molecule has 0 spiro atoms. The third kappa shape index (κ3) is 14.1. The Morgan fingerprint density at radius 1 is 0.674 bits per heavy atom. The lowest BCUT2D eigenvalue weighted by molar-refractivity contribution is -0.214. The van der Waals surface area contributed by atoms with Gasteiger partial charge in [0.1, 0.15) is 0 Å². The minimum atomic E-state index is -4.33. The van der Waals surface area contributed by atoms with Gasteiger partial charge in [0.15, 0.2) is 6.10 Å². The fourth-order valence-corrected chi connectivity index (χ4v) is 5.35. The minimum Gasteiger partial charge on any atom is -0.462 e. The van der Waals surface area contributed by atoms with Crippen LogP contribution in [0, 0.1) is 0 Å². The van der Waals surface area contributed by atoms with Crippen LogP contribution in [0.4, 0.5) is 13.2 Å². The first-order chi connectivity index (χ1) is 22.3. The Hall–Kier alpha value is -3.19. The smallest absolute Gasteiger partial charge is 0.414 e. The number of esters is 1. The Morgan fingerprint density at radius 2 is 1.22 bits per heavy atom. The zero-order chi connectivity index (χ0) is 33.0. The van der Waals surface area contributed by atoms with Crippen molar-refractivity contribution in [3.8, 4) is 22.4 Å². The number of carbonyl (C=O) groups is 1. The third-order valence-electron chi connectivity index (χ3n) is 8.39. The van der Waals surface area contributed by atoms with Crippen molar-refractivity contribution in [3.05, 3.63) is 78.0 Å². The number of alkyl halides is 3. The van der Waals surface area contributed by atoms with Crippen LogP contribution in [0.15, 0.2) is 66.9 Å². The van der Waals surface area contributed by atoms with Crippen LogP contribution in [0.1, 0.15) is 120 Å². The van der Waals surface area contributed by atoms with Crippen molar-refractivity contribution in [3.63, 3.8) is 0 Å². The van der Waals surface area contributed by atoms with E-state index in [4.69, 9.17) is 9.47 Å². The average molecular weight is 640 g/mol. The zero-order valence-corrected chi connectivity index (χ0v) is 27.8. The number of hydrogen-bond donors (Lipinski definition) is 0. The predicted octanol–water partition coefficient (Wildman–Crippen LogP) is 11.6. The number of carbonyl (C=O) groups excluding carboxylic acids is 1. The zero-order valence-electron chi connectivity index (χ0n) is 27.8. The molecule has 0 amide bonds. The number of aryl methyl sites for hydroxylation is 1. The molecule has 1 heterocycles. The van der Waals surface area contributed by atoms with Crippen LogP contribution in [-0.2, 0) is 15.9 Å². The minimum absolute atomic E-state index is 0.0665. The number of nitrogens with zero attached hydrogens (tertiary/aromatic N) is 1. The van der Waals surface area contributed by atoms with Crippen molar-refractivity contribution in [1.29, 1.82) is 0 Å². The quantitative estimate of drug-likeness (QED) is 0.0811. The van der Waals surface area contributed by atoms with E-state index in [1.54, 1.807) is 12.1 Å². The second-order valence-electron chi connectivity index (χ2n) is 12.2. The maximum Gasteiger partial charge on any atom is 0.414 e. The van der Waals surface area contributed by atoms with Crippen molar-refractivity contribution in [1.82, 2.24) is 4.98 Å². The van der Waals surface area contributed by atoms with Gasteiger partial charge in [-0.1, -0.05) is 114 Å². The molecule has 0 N–H and O–H groups in total. The van der Waals surface area contributed by atoms with Crippen molar-refractivity contribution in [2.24, 2.45) is 0 Å². The first-order valence-electron chi connectivity index (χ1n) is 17.3. The molecule has 0 aliphatic carbocycles. The van der Waals surface area contributed by atoms with Crippen molar-refractivity contribution < 1.29 is 27.4 Å². The van der Waals surface area contributed by atoms with Gasteiger partial charge in [0.2, 0.25) is 0 Å². The van der Waals surface area contributed by atoms with Crippen LogP contribution in [0.2, 0.25) is 0 Å². The van der Waals surface area contributed by atoms with Crippen molar-refractivity contribution in [2.75, 3.05) is 13.2 Å². The van der Waals surface area contributed by atoms with E-state index < -0.39 is 18.2 Å². The van der Waals surface area contributed by atoms with Gasteiger partial charge in [0, 0.05) is 23.9 Å². The van der Waals surface area contributed by atoms with Gasteiger partial charge in [0.05, 0.1) is 17.9 Å². The molecule has 252 valence electrons. The Morgan fingerprint density at radius 3 is 1.80 bits per heavy atom. The Kier molecular flexibility index (Phi) is 16.9. The van der Waals surface area contributed by atoms with Crippen LogP contribution >= 0.6 is 0 Å². The fourth-order valence-electron chi connectivity index (χ4n) is 5.35. The molecule has 0 fully saturated rings. The van der Waals surface area contributed by atoms with Gasteiger partial charge in [-0.25, -0.2) is 4.79 Å². The molecule has 46 heavy (non-hydrogen) atoms.